The van der Waals surface area contributed by atoms with Crippen molar-refractivity contribution in [2.45, 2.75) is 31.2 Å². The number of aromatic nitrogens is 1. The molecule has 3 heteroatoms. The van der Waals surface area contributed by atoms with Crippen molar-refractivity contribution in [2.24, 2.45) is 5.92 Å². The highest BCUT2D eigenvalue weighted by molar-refractivity contribution is 5.81. The number of nitrogens with one attached hydrogen (secondary N) is 1. The van der Waals surface area contributed by atoms with E-state index in [1.165, 1.54) is 0 Å². The maximum Gasteiger partial charge on any atom is 0.223 e. The van der Waals surface area contributed by atoms with Gasteiger partial charge in [-0.25, -0.2) is 0 Å². The van der Waals surface area contributed by atoms with E-state index in [1.54, 1.807) is 0 Å². The summed E-state index contributed by atoms with van der Waals surface area (Å²) in [7, 11) is 0. The third kappa shape index (κ3) is 1.42. The van der Waals surface area contributed by atoms with Crippen molar-refractivity contribution in [3.63, 3.8) is 0 Å². The highest BCUT2D eigenvalue weighted by atomic mass is 16.2. The lowest BCUT2D eigenvalue weighted by Gasteiger charge is -2.26. The van der Waals surface area contributed by atoms with Gasteiger partial charge in [0.05, 0.1) is 0 Å². The van der Waals surface area contributed by atoms with E-state index in [0.29, 0.717) is 12.0 Å². The van der Waals surface area contributed by atoms with Gasteiger partial charge in [0.25, 0.3) is 0 Å². The molecule has 2 fully saturated rings. The van der Waals surface area contributed by atoms with Crippen molar-refractivity contribution in [1.82, 2.24) is 10.3 Å². The van der Waals surface area contributed by atoms with Crippen LogP contribution in [0.3, 0.4) is 0 Å². The Hall–Kier alpha value is -1.38. The maximum atomic E-state index is 11.5. The molecule has 0 aromatic carbocycles. The van der Waals surface area contributed by atoms with Crippen LogP contribution in [0.1, 0.15) is 30.9 Å². The summed E-state index contributed by atoms with van der Waals surface area (Å²) in [6.45, 7) is 0. The molecule has 1 unspecified atom stereocenters. The first kappa shape index (κ1) is 8.89. The largest absolute Gasteiger partial charge is 0.352 e. The highest BCUT2D eigenvalue weighted by Crippen LogP contribution is 2.39. The van der Waals surface area contributed by atoms with E-state index in [4.69, 9.17) is 0 Å². The third-order valence-corrected chi connectivity index (χ3v) is 3.62. The molecule has 0 radical (unpaired) electrons. The Morgan fingerprint density at radius 2 is 2.27 bits per heavy atom. The Morgan fingerprint density at radius 1 is 1.33 bits per heavy atom. The van der Waals surface area contributed by atoms with Gasteiger partial charge >= 0.3 is 0 Å². The molecule has 1 aliphatic heterocycles. The topological polar surface area (TPSA) is 42.0 Å². The molecule has 1 aromatic rings. The first-order valence-corrected chi connectivity index (χ1v) is 5.56. The average molecular weight is 202 g/mol. The van der Waals surface area contributed by atoms with Crippen molar-refractivity contribution in [3.05, 3.63) is 30.1 Å². The van der Waals surface area contributed by atoms with Gasteiger partial charge in [0, 0.05) is 29.8 Å². The van der Waals surface area contributed by atoms with Crippen LogP contribution in [0.4, 0.5) is 0 Å². The summed E-state index contributed by atoms with van der Waals surface area (Å²) in [6.07, 6.45) is 4.94. The number of hydrogen-bond donors (Lipinski definition) is 1. The van der Waals surface area contributed by atoms with E-state index in [2.05, 4.69) is 16.4 Å². The molecule has 15 heavy (non-hydrogen) atoms. The molecular weight excluding hydrogens is 188 g/mol. The van der Waals surface area contributed by atoms with Crippen LogP contribution in [0.5, 0.6) is 0 Å². The minimum absolute atomic E-state index is 0.249. The number of carbonyl (C=O) groups is 1. The Morgan fingerprint density at radius 3 is 3.07 bits per heavy atom. The molecule has 1 amide bonds. The van der Waals surface area contributed by atoms with E-state index in [1.807, 2.05) is 18.3 Å². The molecule has 1 N–H and O–H groups in total. The van der Waals surface area contributed by atoms with E-state index >= 15 is 0 Å². The minimum atomic E-state index is 0.249. The molecule has 1 aliphatic carbocycles. The molecule has 78 valence electrons. The van der Waals surface area contributed by atoms with Crippen LogP contribution in [-0.4, -0.2) is 16.9 Å². The molecule has 2 aliphatic rings. The number of rotatable bonds is 1. The van der Waals surface area contributed by atoms with Crippen molar-refractivity contribution in [2.75, 3.05) is 0 Å². The lowest BCUT2D eigenvalue weighted by atomic mass is 9.80. The monoisotopic (exact) mass is 202 g/mol. The predicted octanol–water partition coefficient (Wildman–Crippen LogP) is 1.46. The van der Waals surface area contributed by atoms with Gasteiger partial charge in [0.2, 0.25) is 5.91 Å². The van der Waals surface area contributed by atoms with E-state index in [9.17, 15) is 4.79 Å². The average Bonchev–Trinajstić information content (AvgIpc) is 2.56. The first-order valence-electron chi connectivity index (χ1n) is 5.56. The van der Waals surface area contributed by atoms with Crippen LogP contribution in [0.15, 0.2) is 24.4 Å². The zero-order chi connectivity index (χ0) is 10.3. The zero-order valence-electron chi connectivity index (χ0n) is 8.52. The smallest absolute Gasteiger partial charge is 0.223 e. The number of carbonyl (C=O) groups excluding carboxylic acids is 1. The SMILES string of the molecule is O=C1NC2C[C@H]1CC[C@@H]2c1ccccn1. The van der Waals surface area contributed by atoms with Crippen molar-refractivity contribution < 1.29 is 4.79 Å². The fourth-order valence-electron chi connectivity index (χ4n) is 2.82. The van der Waals surface area contributed by atoms with Crippen LogP contribution >= 0.6 is 0 Å². The fourth-order valence-corrected chi connectivity index (χ4v) is 2.82. The van der Waals surface area contributed by atoms with E-state index < -0.39 is 0 Å². The second-order valence-electron chi connectivity index (χ2n) is 4.49. The standard InChI is InChI=1S/C12H14N2O/c15-12-8-4-5-9(11(7-8)14-12)10-3-1-2-6-13-10/h1-3,6,8-9,11H,4-5,7H2,(H,14,15)/t8-,9-,11?/m1/s1. The van der Waals surface area contributed by atoms with Crippen LogP contribution in [-0.2, 0) is 4.79 Å². The minimum Gasteiger partial charge on any atom is -0.352 e. The van der Waals surface area contributed by atoms with Crippen molar-refractivity contribution in [1.29, 1.82) is 0 Å². The van der Waals surface area contributed by atoms with Crippen LogP contribution in [0.25, 0.3) is 0 Å². The molecular formula is C12H14N2O. The maximum absolute atomic E-state index is 11.5. The lowest BCUT2D eigenvalue weighted by molar-refractivity contribution is -0.122. The van der Waals surface area contributed by atoms with Crippen LogP contribution < -0.4 is 5.32 Å². The van der Waals surface area contributed by atoms with Crippen molar-refractivity contribution in [3.8, 4) is 0 Å². The summed E-state index contributed by atoms with van der Waals surface area (Å²) in [5, 5.41) is 3.09. The van der Waals surface area contributed by atoms with Gasteiger partial charge in [-0.1, -0.05) is 6.07 Å². The summed E-state index contributed by atoms with van der Waals surface area (Å²) in [4.78, 5) is 15.9. The van der Waals surface area contributed by atoms with Crippen LogP contribution in [0.2, 0.25) is 0 Å². The number of hydrogen-bond acceptors (Lipinski definition) is 2. The zero-order valence-corrected chi connectivity index (χ0v) is 8.52. The second-order valence-corrected chi connectivity index (χ2v) is 4.49. The first-order chi connectivity index (χ1) is 7.34. The van der Waals surface area contributed by atoms with Gasteiger partial charge < -0.3 is 5.32 Å². The predicted molar refractivity (Wildman–Crippen MR) is 56.2 cm³/mol. The second kappa shape index (κ2) is 3.33. The Labute approximate surface area is 88.9 Å². The van der Waals surface area contributed by atoms with Crippen LogP contribution in [0, 0.1) is 5.92 Å². The number of fused-ring (bicyclic) bond motifs is 2. The normalized spacial score (nSPS) is 33.9. The van der Waals surface area contributed by atoms with Gasteiger partial charge in [0.1, 0.15) is 0 Å². The fraction of sp³-hybridized carbons (Fsp3) is 0.500. The van der Waals surface area contributed by atoms with Crippen molar-refractivity contribution >= 4 is 5.91 Å². The number of pyridine rings is 1. The Balaban J connectivity index is 1.87. The molecule has 0 spiro atoms. The Kier molecular flexibility index (Phi) is 1.97. The highest BCUT2D eigenvalue weighted by Gasteiger charge is 2.41. The summed E-state index contributed by atoms with van der Waals surface area (Å²) in [6, 6.07) is 6.34. The van der Waals surface area contributed by atoms with Gasteiger partial charge in [0.15, 0.2) is 0 Å². The quantitative estimate of drug-likeness (QED) is 0.749. The number of nitrogens with zero attached hydrogens (tertiary/aromatic N) is 1. The summed E-state index contributed by atoms with van der Waals surface area (Å²) < 4.78 is 0. The molecule has 3 atom stereocenters. The summed E-state index contributed by atoms with van der Waals surface area (Å²) >= 11 is 0. The molecule has 1 aromatic heterocycles. The summed E-state index contributed by atoms with van der Waals surface area (Å²) in [5.41, 5.74) is 1.13. The Bertz CT molecular complexity index is 376. The van der Waals surface area contributed by atoms with E-state index in [-0.39, 0.29) is 11.8 Å². The molecule has 2 bridgehead atoms. The van der Waals surface area contributed by atoms with Gasteiger partial charge in [-0.15, -0.1) is 0 Å². The molecule has 3 nitrogen and oxygen atoms in total. The van der Waals surface area contributed by atoms with E-state index in [0.717, 1.165) is 25.0 Å². The summed E-state index contributed by atoms with van der Waals surface area (Å²) in [5.74, 6) is 0.947. The molecule has 3 rings (SSSR count). The number of amides is 1. The lowest BCUT2D eigenvalue weighted by Crippen LogP contribution is -2.31. The molecule has 1 saturated carbocycles. The molecule has 1 saturated heterocycles. The van der Waals surface area contributed by atoms with Gasteiger partial charge in [-0.3, -0.25) is 9.78 Å². The van der Waals surface area contributed by atoms with Gasteiger partial charge in [-0.05, 0) is 31.4 Å². The molecule has 2 heterocycles. The van der Waals surface area contributed by atoms with Gasteiger partial charge in [-0.2, -0.15) is 0 Å². The third-order valence-electron chi connectivity index (χ3n) is 3.62.